The Labute approximate surface area is 85.2 Å². The molecule has 0 aromatic heterocycles. The minimum atomic E-state index is 0.719. The lowest BCUT2D eigenvalue weighted by Gasteiger charge is -2.23. The third-order valence-corrected chi connectivity index (χ3v) is 4.20. The maximum absolute atomic E-state index is 3.65. The SMILES string of the molecule is CCC1CC1NCC1CSCCN1. The highest BCUT2D eigenvalue weighted by Gasteiger charge is 2.34. The molecule has 13 heavy (non-hydrogen) atoms. The molecule has 3 heteroatoms. The van der Waals surface area contributed by atoms with Crippen molar-refractivity contribution in [3.05, 3.63) is 0 Å². The first-order valence-corrected chi connectivity index (χ1v) is 6.60. The van der Waals surface area contributed by atoms with E-state index in [9.17, 15) is 0 Å². The first-order valence-electron chi connectivity index (χ1n) is 5.44. The molecule has 2 rings (SSSR count). The molecule has 0 spiro atoms. The summed E-state index contributed by atoms with van der Waals surface area (Å²) in [5, 5.41) is 7.20. The fraction of sp³-hybridized carbons (Fsp3) is 1.00. The largest absolute Gasteiger partial charge is 0.312 e. The van der Waals surface area contributed by atoms with Gasteiger partial charge in [-0.2, -0.15) is 11.8 Å². The minimum absolute atomic E-state index is 0.719. The van der Waals surface area contributed by atoms with Crippen LogP contribution in [0.25, 0.3) is 0 Å². The van der Waals surface area contributed by atoms with Gasteiger partial charge in [-0.25, -0.2) is 0 Å². The number of thioether (sulfide) groups is 1. The zero-order valence-electron chi connectivity index (χ0n) is 8.38. The Kier molecular flexibility index (Phi) is 3.52. The summed E-state index contributed by atoms with van der Waals surface area (Å²) in [6, 6.07) is 1.57. The summed E-state index contributed by atoms with van der Waals surface area (Å²) in [5.74, 6) is 3.56. The van der Waals surface area contributed by atoms with Crippen LogP contribution in [0.1, 0.15) is 19.8 Å². The van der Waals surface area contributed by atoms with Crippen molar-refractivity contribution in [3.8, 4) is 0 Å². The predicted octanol–water partition coefficient (Wildman–Crippen LogP) is 1.08. The smallest absolute Gasteiger partial charge is 0.0283 e. The normalized spacial score (nSPS) is 39.0. The summed E-state index contributed by atoms with van der Waals surface area (Å²) < 4.78 is 0. The standard InChI is InChI=1S/C10H20N2S/c1-2-8-5-10(8)12-6-9-7-13-4-3-11-9/h8-12H,2-7H2,1H3. The summed E-state index contributed by atoms with van der Waals surface area (Å²) >= 11 is 2.08. The molecule has 1 heterocycles. The van der Waals surface area contributed by atoms with Gasteiger partial charge < -0.3 is 10.6 Å². The van der Waals surface area contributed by atoms with E-state index in [2.05, 4.69) is 29.3 Å². The van der Waals surface area contributed by atoms with Crippen molar-refractivity contribution in [1.29, 1.82) is 0 Å². The molecule has 2 aliphatic rings. The Bertz CT molecular complexity index is 157. The number of nitrogens with one attached hydrogen (secondary N) is 2. The topological polar surface area (TPSA) is 24.1 Å². The third kappa shape index (κ3) is 2.86. The van der Waals surface area contributed by atoms with Crippen molar-refractivity contribution < 1.29 is 0 Å². The molecule has 3 unspecified atom stereocenters. The Morgan fingerprint density at radius 1 is 1.54 bits per heavy atom. The summed E-state index contributed by atoms with van der Waals surface area (Å²) in [7, 11) is 0. The second kappa shape index (κ2) is 4.67. The van der Waals surface area contributed by atoms with Crippen molar-refractivity contribution >= 4 is 11.8 Å². The molecule has 0 amide bonds. The molecule has 1 aliphatic heterocycles. The molecule has 1 saturated heterocycles. The van der Waals surface area contributed by atoms with Crippen LogP contribution in [0, 0.1) is 5.92 Å². The van der Waals surface area contributed by atoms with Crippen LogP contribution >= 0.6 is 11.8 Å². The van der Waals surface area contributed by atoms with Crippen LogP contribution in [0.4, 0.5) is 0 Å². The van der Waals surface area contributed by atoms with Gasteiger partial charge in [0.15, 0.2) is 0 Å². The predicted molar refractivity (Wildman–Crippen MR) is 59.3 cm³/mol. The van der Waals surface area contributed by atoms with Crippen molar-refractivity contribution in [2.75, 3.05) is 24.6 Å². The van der Waals surface area contributed by atoms with E-state index in [4.69, 9.17) is 0 Å². The van der Waals surface area contributed by atoms with Gasteiger partial charge in [0, 0.05) is 36.7 Å². The van der Waals surface area contributed by atoms with E-state index in [-0.39, 0.29) is 0 Å². The fourth-order valence-electron chi connectivity index (χ4n) is 1.99. The van der Waals surface area contributed by atoms with Gasteiger partial charge in [0.2, 0.25) is 0 Å². The van der Waals surface area contributed by atoms with Crippen LogP contribution in [-0.2, 0) is 0 Å². The first-order chi connectivity index (χ1) is 6.40. The molecule has 76 valence electrons. The molecular formula is C10H20N2S. The van der Waals surface area contributed by atoms with E-state index in [1.807, 2.05) is 0 Å². The van der Waals surface area contributed by atoms with Crippen molar-refractivity contribution in [3.63, 3.8) is 0 Å². The van der Waals surface area contributed by atoms with E-state index in [1.54, 1.807) is 0 Å². The maximum atomic E-state index is 3.65. The van der Waals surface area contributed by atoms with Crippen molar-refractivity contribution in [2.45, 2.75) is 31.8 Å². The molecule has 1 saturated carbocycles. The molecule has 2 N–H and O–H groups in total. The van der Waals surface area contributed by atoms with Crippen molar-refractivity contribution in [1.82, 2.24) is 10.6 Å². The Morgan fingerprint density at radius 3 is 3.08 bits per heavy atom. The second-order valence-corrected chi connectivity index (χ2v) is 5.29. The van der Waals surface area contributed by atoms with Crippen LogP contribution in [0.2, 0.25) is 0 Å². The zero-order valence-corrected chi connectivity index (χ0v) is 9.20. The fourth-order valence-corrected chi connectivity index (χ4v) is 2.94. The molecule has 2 nitrogen and oxygen atoms in total. The van der Waals surface area contributed by atoms with Crippen LogP contribution in [0.15, 0.2) is 0 Å². The van der Waals surface area contributed by atoms with E-state index in [1.165, 1.54) is 37.4 Å². The quantitative estimate of drug-likeness (QED) is 0.710. The van der Waals surface area contributed by atoms with Gasteiger partial charge in [-0.3, -0.25) is 0 Å². The van der Waals surface area contributed by atoms with Crippen LogP contribution in [0.5, 0.6) is 0 Å². The van der Waals surface area contributed by atoms with Gasteiger partial charge in [-0.15, -0.1) is 0 Å². The van der Waals surface area contributed by atoms with Gasteiger partial charge in [-0.1, -0.05) is 13.3 Å². The van der Waals surface area contributed by atoms with Gasteiger partial charge in [-0.05, 0) is 12.3 Å². The summed E-state index contributed by atoms with van der Waals surface area (Å²) in [5.41, 5.74) is 0. The Hall–Kier alpha value is 0.270. The molecule has 3 atom stereocenters. The number of hydrogen-bond acceptors (Lipinski definition) is 3. The van der Waals surface area contributed by atoms with Gasteiger partial charge in [0.05, 0.1) is 0 Å². The third-order valence-electron chi connectivity index (χ3n) is 3.07. The van der Waals surface area contributed by atoms with Gasteiger partial charge in [0.1, 0.15) is 0 Å². The number of rotatable bonds is 4. The van der Waals surface area contributed by atoms with E-state index < -0.39 is 0 Å². The molecule has 0 bridgehead atoms. The molecule has 2 fully saturated rings. The van der Waals surface area contributed by atoms with Gasteiger partial charge >= 0.3 is 0 Å². The van der Waals surface area contributed by atoms with E-state index in [0.29, 0.717) is 0 Å². The molecule has 0 radical (unpaired) electrons. The average molecular weight is 200 g/mol. The summed E-state index contributed by atoms with van der Waals surface area (Å²) in [4.78, 5) is 0. The minimum Gasteiger partial charge on any atom is -0.312 e. The maximum Gasteiger partial charge on any atom is 0.0283 e. The zero-order chi connectivity index (χ0) is 9.10. The number of hydrogen-bond donors (Lipinski definition) is 2. The summed E-state index contributed by atoms with van der Waals surface area (Å²) in [6.45, 7) is 4.66. The molecule has 0 aromatic carbocycles. The van der Waals surface area contributed by atoms with E-state index >= 15 is 0 Å². The van der Waals surface area contributed by atoms with Gasteiger partial charge in [0.25, 0.3) is 0 Å². The van der Waals surface area contributed by atoms with Crippen LogP contribution in [-0.4, -0.2) is 36.7 Å². The average Bonchev–Trinajstić information content (AvgIpc) is 2.95. The molecular weight excluding hydrogens is 180 g/mol. The van der Waals surface area contributed by atoms with E-state index in [0.717, 1.165) is 18.0 Å². The van der Waals surface area contributed by atoms with Crippen LogP contribution in [0.3, 0.4) is 0 Å². The van der Waals surface area contributed by atoms with Crippen LogP contribution < -0.4 is 10.6 Å². The highest BCUT2D eigenvalue weighted by molar-refractivity contribution is 7.99. The Morgan fingerprint density at radius 2 is 2.46 bits per heavy atom. The molecule has 1 aliphatic carbocycles. The highest BCUT2D eigenvalue weighted by atomic mass is 32.2. The first kappa shape index (κ1) is 9.81. The second-order valence-electron chi connectivity index (χ2n) is 4.14. The lowest BCUT2D eigenvalue weighted by molar-refractivity contribution is 0.500. The lowest BCUT2D eigenvalue weighted by atomic mass is 10.3. The summed E-state index contributed by atoms with van der Waals surface area (Å²) in [6.07, 6.45) is 2.76. The lowest BCUT2D eigenvalue weighted by Crippen LogP contribution is -2.45. The highest BCUT2D eigenvalue weighted by Crippen LogP contribution is 2.32. The monoisotopic (exact) mass is 200 g/mol. The Balaban J connectivity index is 1.57. The van der Waals surface area contributed by atoms with Crippen molar-refractivity contribution in [2.24, 2.45) is 5.92 Å². The molecule has 0 aromatic rings.